The molecule has 2 rings (SSSR count). The lowest BCUT2D eigenvalue weighted by Gasteiger charge is -2.36. The number of benzene rings is 1. The first-order valence-corrected chi connectivity index (χ1v) is 7.06. The summed E-state index contributed by atoms with van der Waals surface area (Å²) in [5.74, 6) is -0.209. The van der Waals surface area contributed by atoms with Gasteiger partial charge in [0.2, 0.25) is 0 Å². The Labute approximate surface area is 131 Å². The maximum Gasteiger partial charge on any atom is 0.123 e. The van der Waals surface area contributed by atoms with E-state index in [-0.39, 0.29) is 24.3 Å². The minimum atomic E-state index is -0.394. The summed E-state index contributed by atoms with van der Waals surface area (Å²) in [7, 11) is 1.67. The Bertz CT molecular complexity index is 422. The second-order valence-electron chi connectivity index (χ2n) is 5.27. The largest absolute Gasteiger partial charge is 0.390 e. The van der Waals surface area contributed by atoms with E-state index in [1.54, 1.807) is 19.2 Å². The number of nitrogens with zero attached hydrogens (tertiary/aromatic N) is 1. The smallest absolute Gasteiger partial charge is 0.123 e. The van der Waals surface area contributed by atoms with Crippen molar-refractivity contribution in [3.8, 4) is 0 Å². The molecular formula is C15H24ClFN2O2. The van der Waals surface area contributed by atoms with Crippen molar-refractivity contribution in [3.05, 3.63) is 35.6 Å². The van der Waals surface area contributed by atoms with Crippen LogP contribution in [0.15, 0.2) is 24.3 Å². The first kappa shape index (κ1) is 18.3. The van der Waals surface area contributed by atoms with Crippen LogP contribution in [0.4, 0.5) is 4.39 Å². The molecule has 1 aromatic carbocycles. The van der Waals surface area contributed by atoms with Gasteiger partial charge in [-0.25, -0.2) is 4.39 Å². The molecule has 0 aromatic heterocycles. The molecule has 2 atom stereocenters. The van der Waals surface area contributed by atoms with E-state index in [1.165, 1.54) is 6.07 Å². The number of methoxy groups -OCH3 is 1. The van der Waals surface area contributed by atoms with Gasteiger partial charge in [-0.1, -0.05) is 12.1 Å². The fraction of sp³-hybridized carbons (Fsp3) is 0.600. The Kier molecular flexibility index (Phi) is 8.14. The first-order valence-electron chi connectivity index (χ1n) is 7.06. The number of hydrogen-bond donors (Lipinski definition) is 2. The number of halogens is 2. The molecular weight excluding hydrogens is 295 g/mol. The molecule has 21 heavy (non-hydrogen) atoms. The third-order valence-electron chi connectivity index (χ3n) is 3.67. The highest BCUT2D eigenvalue weighted by atomic mass is 35.5. The van der Waals surface area contributed by atoms with Crippen LogP contribution >= 0.6 is 12.4 Å². The number of piperidine rings is 1. The van der Waals surface area contributed by atoms with Crippen LogP contribution in [0.1, 0.15) is 12.0 Å². The Morgan fingerprint density at radius 2 is 2.29 bits per heavy atom. The van der Waals surface area contributed by atoms with Gasteiger partial charge in [0.05, 0.1) is 12.7 Å². The zero-order valence-corrected chi connectivity index (χ0v) is 13.1. The molecule has 1 aromatic rings. The average Bonchev–Trinajstić information content (AvgIpc) is 2.41. The topological polar surface area (TPSA) is 44.7 Å². The lowest BCUT2D eigenvalue weighted by molar-refractivity contribution is 0.0347. The average molecular weight is 319 g/mol. The van der Waals surface area contributed by atoms with Gasteiger partial charge < -0.3 is 15.2 Å². The van der Waals surface area contributed by atoms with Gasteiger partial charge in [0.25, 0.3) is 0 Å². The Hall–Kier alpha value is -0.720. The fourth-order valence-electron chi connectivity index (χ4n) is 2.62. The second-order valence-corrected chi connectivity index (χ2v) is 5.27. The number of nitrogens with one attached hydrogen (secondary N) is 1. The predicted molar refractivity (Wildman–Crippen MR) is 83.2 cm³/mol. The highest BCUT2D eigenvalue weighted by molar-refractivity contribution is 5.85. The van der Waals surface area contributed by atoms with Crippen molar-refractivity contribution < 1.29 is 14.2 Å². The number of aliphatic hydroxyl groups is 1. The van der Waals surface area contributed by atoms with Crippen LogP contribution in [-0.2, 0) is 11.3 Å². The van der Waals surface area contributed by atoms with E-state index in [0.717, 1.165) is 25.1 Å². The molecule has 1 aliphatic rings. The second kappa shape index (κ2) is 9.33. The van der Waals surface area contributed by atoms with Gasteiger partial charge in [-0.05, 0) is 24.1 Å². The van der Waals surface area contributed by atoms with E-state index < -0.39 is 6.10 Å². The SMILES string of the molecule is COCCN[C@@H]1CCN(Cc2cccc(F)c2)C[C@H]1O.Cl. The van der Waals surface area contributed by atoms with Gasteiger partial charge in [-0.15, -0.1) is 12.4 Å². The van der Waals surface area contributed by atoms with E-state index in [9.17, 15) is 9.50 Å². The summed E-state index contributed by atoms with van der Waals surface area (Å²) in [6.07, 6.45) is 0.495. The first-order chi connectivity index (χ1) is 9.69. The van der Waals surface area contributed by atoms with E-state index in [1.807, 2.05) is 6.07 Å². The Morgan fingerprint density at radius 3 is 2.95 bits per heavy atom. The normalized spacial score (nSPS) is 22.8. The monoisotopic (exact) mass is 318 g/mol. The van der Waals surface area contributed by atoms with Crippen molar-refractivity contribution in [2.45, 2.75) is 25.1 Å². The standard InChI is InChI=1S/C15H23FN2O2.ClH/c1-20-8-6-17-14-5-7-18(11-15(14)19)10-12-3-2-4-13(16)9-12;/h2-4,9,14-15,17,19H,5-8,10-11H2,1H3;1H/t14-,15-;/m1./s1. The van der Waals surface area contributed by atoms with Crippen molar-refractivity contribution in [1.82, 2.24) is 10.2 Å². The number of likely N-dealkylation sites (tertiary alicyclic amines) is 1. The highest BCUT2D eigenvalue weighted by Gasteiger charge is 2.26. The van der Waals surface area contributed by atoms with E-state index in [2.05, 4.69) is 10.2 Å². The third-order valence-corrected chi connectivity index (χ3v) is 3.67. The minimum Gasteiger partial charge on any atom is -0.390 e. The van der Waals surface area contributed by atoms with Crippen molar-refractivity contribution in [3.63, 3.8) is 0 Å². The number of ether oxygens (including phenoxy) is 1. The predicted octanol–water partition coefficient (Wildman–Crippen LogP) is 1.42. The van der Waals surface area contributed by atoms with Crippen LogP contribution in [0.2, 0.25) is 0 Å². The number of rotatable bonds is 6. The van der Waals surface area contributed by atoms with Gasteiger partial charge in [-0.2, -0.15) is 0 Å². The lowest BCUT2D eigenvalue weighted by atomic mass is 10.0. The molecule has 1 aliphatic heterocycles. The molecule has 0 radical (unpaired) electrons. The van der Waals surface area contributed by atoms with Gasteiger partial charge in [-0.3, -0.25) is 4.90 Å². The Morgan fingerprint density at radius 1 is 1.48 bits per heavy atom. The number of hydrogen-bond acceptors (Lipinski definition) is 4. The van der Waals surface area contributed by atoms with Gasteiger partial charge in [0, 0.05) is 39.3 Å². The van der Waals surface area contributed by atoms with Crippen LogP contribution < -0.4 is 5.32 Å². The summed E-state index contributed by atoms with van der Waals surface area (Å²) in [5.41, 5.74) is 0.947. The van der Waals surface area contributed by atoms with Crippen molar-refractivity contribution in [1.29, 1.82) is 0 Å². The number of aliphatic hydroxyl groups excluding tert-OH is 1. The molecule has 1 heterocycles. The summed E-state index contributed by atoms with van der Waals surface area (Å²) in [6.45, 7) is 3.59. The van der Waals surface area contributed by atoms with Crippen LogP contribution in [0, 0.1) is 5.82 Å². The zero-order valence-electron chi connectivity index (χ0n) is 12.3. The lowest BCUT2D eigenvalue weighted by Crippen LogP contribution is -2.52. The molecule has 120 valence electrons. The van der Waals surface area contributed by atoms with Gasteiger partial charge in [0.15, 0.2) is 0 Å². The van der Waals surface area contributed by atoms with E-state index in [0.29, 0.717) is 19.7 Å². The molecule has 4 nitrogen and oxygen atoms in total. The molecule has 0 amide bonds. The third kappa shape index (κ3) is 5.88. The highest BCUT2D eigenvalue weighted by Crippen LogP contribution is 2.15. The molecule has 0 saturated carbocycles. The molecule has 0 bridgehead atoms. The van der Waals surface area contributed by atoms with Crippen molar-refractivity contribution in [2.75, 3.05) is 33.4 Å². The number of β-amino-alcohol motifs (C(OH)–C–C–N with tert-alkyl or cyclic N) is 1. The van der Waals surface area contributed by atoms with Crippen LogP contribution in [0.3, 0.4) is 0 Å². The Balaban J connectivity index is 0.00000220. The van der Waals surface area contributed by atoms with Crippen molar-refractivity contribution >= 4 is 12.4 Å². The molecule has 0 spiro atoms. The maximum atomic E-state index is 13.1. The summed E-state index contributed by atoms with van der Waals surface area (Å²) in [6, 6.07) is 6.76. The molecule has 2 N–H and O–H groups in total. The maximum absolute atomic E-state index is 13.1. The van der Waals surface area contributed by atoms with Gasteiger partial charge in [0.1, 0.15) is 5.82 Å². The zero-order chi connectivity index (χ0) is 14.4. The molecule has 1 fully saturated rings. The van der Waals surface area contributed by atoms with E-state index in [4.69, 9.17) is 4.74 Å². The molecule has 0 aliphatic carbocycles. The van der Waals surface area contributed by atoms with Crippen LogP contribution in [0.25, 0.3) is 0 Å². The fourth-order valence-corrected chi connectivity index (χ4v) is 2.62. The summed E-state index contributed by atoms with van der Waals surface area (Å²) in [4.78, 5) is 2.16. The van der Waals surface area contributed by atoms with Crippen molar-refractivity contribution in [2.24, 2.45) is 0 Å². The quantitative estimate of drug-likeness (QED) is 0.779. The van der Waals surface area contributed by atoms with Crippen LogP contribution in [-0.4, -0.2) is 55.5 Å². The minimum absolute atomic E-state index is 0. The van der Waals surface area contributed by atoms with E-state index >= 15 is 0 Å². The molecule has 1 saturated heterocycles. The van der Waals surface area contributed by atoms with Crippen LogP contribution in [0.5, 0.6) is 0 Å². The summed E-state index contributed by atoms with van der Waals surface area (Å²) in [5, 5.41) is 13.5. The summed E-state index contributed by atoms with van der Waals surface area (Å²) >= 11 is 0. The van der Waals surface area contributed by atoms with Gasteiger partial charge >= 0.3 is 0 Å². The molecule has 0 unspecified atom stereocenters. The molecule has 6 heteroatoms. The summed E-state index contributed by atoms with van der Waals surface area (Å²) < 4.78 is 18.1.